The molecule has 2 N–H and O–H groups in total. The van der Waals surface area contributed by atoms with Crippen molar-refractivity contribution in [1.29, 1.82) is 0 Å². The van der Waals surface area contributed by atoms with Gasteiger partial charge in [-0.05, 0) is 48.6 Å². The van der Waals surface area contributed by atoms with Crippen LogP contribution in [0.5, 0.6) is 0 Å². The number of anilines is 1. The highest BCUT2D eigenvalue weighted by molar-refractivity contribution is 5.95. The van der Waals surface area contributed by atoms with E-state index in [2.05, 4.69) is 48.7 Å². The number of hydrogen-bond acceptors (Lipinski definition) is 2. The number of carbonyl (C=O) groups is 1. The van der Waals surface area contributed by atoms with Gasteiger partial charge in [-0.15, -0.1) is 0 Å². The largest absolute Gasteiger partial charge is 0.326 e. The molecule has 0 saturated heterocycles. The third kappa shape index (κ3) is 3.62. The normalized spacial score (nSPS) is 19.4. The van der Waals surface area contributed by atoms with E-state index in [1.165, 1.54) is 11.1 Å². The summed E-state index contributed by atoms with van der Waals surface area (Å²) in [7, 11) is 0. The van der Waals surface area contributed by atoms with Crippen LogP contribution in [0.15, 0.2) is 48.5 Å². The van der Waals surface area contributed by atoms with Gasteiger partial charge in [-0.2, -0.15) is 0 Å². The monoisotopic (exact) mass is 308 g/mol. The molecule has 1 aliphatic carbocycles. The Bertz CT molecular complexity index is 696. The van der Waals surface area contributed by atoms with Crippen LogP contribution in [-0.4, -0.2) is 12.5 Å². The third-order valence-corrected chi connectivity index (χ3v) is 4.56. The average Bonchev–Trinajstić information content (AvgIpc) is 3.35. The molecule has 2 aromatic rings. The fourth-order valence-electron chi connectivity index (χ4n) is 3.11. The highest BCUT2D eigenvalue weighted by Crippen LogP contribution is 2.49. The van der Waals surface area contributed by atoms with Crippen LogP contribution in [0.4, 0.5) is 5.69 Å². The van der Waals surface area contributed by atoms with Gasteiger partial charge in [0.1, 0.15) is 0 Å². The molecule has 1 fully saturated rings. The van der Waals surface area contributed by atoms with Gasteiger partial charge in [-0.3, -0.25) is 4.79 Å². The second-order valence-corrected chi connectivity index (χ2v) is 6.23. The Morgan fingerprint density at radius 2 is 1.87 bits per heavy atom. The molecule has 0 heterocycles. The minimum Gasteiger partial charge on any atom is -0.326 e. The summed E-state index contributed by atoms with van der Waals surface area (Å²) in [6.07, 6.45) is 0.950. The molecule has 0 unspecified atom stereocenters. The third-order valence-electron chi connectivity index (χ3n) is 4.56. The van der Waals surface area contributed by atoms with Crippen LogP contribution in [0.2, 0.25) is 0 Å². The summed E-state index contributed by atoms with van der Waals surface area (Å²) in [6.45, 7) is 5.89. The molecule has 0 radical (unpaired) electrons. The lowest BCUT2D eigenvalue weighted by Crippen LogP contribution is -2.18. The Morgan fingerprint density at radius 3 is 2.65 bits per heavy atom. The molecule has 3 nitrogen and oxygen atoms in total. The molecule has 0 aromatic heterocycles. The van der Waals surface area contributed by atoms with Crippen molar-refractivity contribution in [1.82, 2.24) is 5.32 Å². The topological polar surface area (TPSA) is 41.1 Å². The van der Waals surface area contributed by atoms with E-state index in [1.54, 1.807) is 0 Å². The number of para-hydroxylation sites is 1. The molecule has 0 aliphatic heterocycles. The number of nitrogens with one attached hydrogen (secondary N) is 2. The Balaban J connectivity index is 1.66. The van der Waals surface area contributed by atoms with Gasteiger partial charge in [-0.1, -0.05) is 49.4 Å². The maximum atomic E-state index is 12.6. The summed E-state index contributed by atoms with van der Waals surface area (Å²) in [4.78, 5) is 12.6. The molecular weight excluding hydrogens is 284 g/mol. The Kier molecular flexibility index (Phi) is 4.77. The van der Waals surface area contributed by atoms with E-state index in [-0.39, 0.29) is 11.8 Å². The summed E-state index contributed by atoms with van der Waals surface area (Å²) < 4.78 is 0. The molecule has 23 heavy (non-hydrogen) atoms. The molecule has 120 valence electrons. The quantitative estimate of drug-likeness (QED) is 0.851. The van der Waals surface area contributed by atoms with Crippen LogP contribution in [0.25, 0.3) is 0 Å². The first kappa shape index (κ1) is 15.8. The van der Waals surface area contributed by atoms with E-state index in [1.807, 2.05) is 24.3 Å². The molecule has 0 bridgehead atoms. The van der Waals surface area contributed by atoms with Gasteiger partial charge in [-0.25, -0.2) is 0 Å². The van der Waals surface area contributed by atoms with Crippen molar-refractivity contribution in [2.24, 2.45) is 5.92 Å². The zero-order chi connectivity index (χ0) is 16.2. The summed E-state index contributed by atoms with van der Waals surface area (Å²) >= 11 is 0. The molecule has 2 aromatic carbocycles. The molecule has 3 rings (SSSR count). The van der Waals surface area contributed by atoms with Crippen LogP contribution in [0, 0.1) is 12.8 Å². The zero-order valence-corrected chi connectivity index (χ0v) is 13.8. The number of amides is 1. The fourth-order valence-corrected chi connectivity index (χ4v) is 3.11. The highest BCUT2D eigenvalue weighted by atomic mass is 16.2. The second-order valence-electron chi connectivity index (χ2n) is 6.23. The second kappa shape index (κ2) is 6.97. The first-order chi connectivity index (χ1) is 11.2. The fraction of sp³-hybridized carbons (Fsp3) is 0.350. The van der Waals surface area contributed by atoms with E-state index in [4.69, 9.17) is 0 Å². The van der Waals surface area contributed by atoms with Crippen molar-refractivity contribution < 1.29 is 4.79 Å². The van der Waals surface area contributed by atoms with Gasteiger partial charge in [0.25, 0.3) is 0 Å². The van der Waals surface area contributed by atoms with Crippen molar-refractivity contribution >= 4 is 11.6 Å². The lowest BCUT2D eigenvalue weighted by molar-refractivity contribution is -0.117. The van der Waals surface area contributed by atoms with Crippen molar-refractivity contribution in [2.45, 2.75) is 32.7 Å². The maximum Gasteiger partial charge on any atom is 0.228 e. The number of carbonyl (C=O) groups excluding carboxylic acids is 1. The predicted octanol–water partition coefficient (Wildman–Crippen LogP) is 3.85. The number of aryl methyl sites for hydroxylation is 1. The van der Waals surface area contributed by atoms with Crippen molar-refractivity contribution in [3.8, 4) is 0 Å². The van der Waals surface area contributed by atoms with Crippen LogP contribution in [0.1, 0.15) is 36.0 Å². The maximum absolute atomic E-state index is 12.6. The van der Waals surface area contributed by atoms with E-state index in [0.29, 0.717) is 5.92 Å². The van der Waals surface area contributed by atoms with Gasteiger partial charge < -0.3 is 10.6 Å². The molecule has 1 aliphatic rings. The standard InChI is InChI=1S/C20H24N2O/c1-3-21-13-15-9-5-7-11-19(15)22-20(23)18-12-17(18)16-10-6-4-8-14(16)2/h4-11,17-18,21H,3,12-13H2,1-2H3,(H,22,23)/t17-,18+/m0/s1. The van der Waals surface area contributed by atoms with E-state index < -0.39 is 0 Å². The summed E-state index contributed by atoms with van der Waals surface area (Å²) in [5, 5.41) is 6.44. The zero-order valence-electron chi connectivity index (χ0n) is 13.8. The van der Waals surface area contributed by atoms with Crippen molar-refractivity contribution in [3.05, 3.63) is 65.2 Å². The number of hydrogen-bond donors (Lipinski definition) is 2. The minimum absolute atomic E-state index is 0.100. The predicted molar refractivity (Wildman–Crippen MR) is 94.5 cm³/mol. The number of rotatable bonds is 6. The summed E-state index contributed by atoms with van der Waals surface area (Å²) in [6, 6.07) is 16.4. The van der Waals surface area contributed by atoms with E-state index >= 15 is 0 Å². The van der Waals surface area contributed by atoms with Crippen LogP contribution in [-0.2, 0) is 11.3 Å². The van der Waals surface area contributed by atoms with Crippen molar-refractivity contribution in [3.63, 3.8) is 0 Å². The Hall–Kier alpha value is -2.13. The SMILES string of the molecule is CCNCc1ccccc1NC(=O)[C@@H]1C[C@H]1c1ccccc1C. The Morgan fingerprint density at radius 1 is 1.13 bits per heavy atom. The Labute approximate surface area is 138 Å². The lowest BCUT2D eigenvalue weighted by Gasteiger charge is -2.11. The van der Waals surface area contributed by atoms with Crippen LogP contribution in [0.3, 0.4) is 0 Å². The highest BCUT2D eigenvalue weighted by Gasteiger charge is 2.44. The first-order valence-corrected chi connectivity index (χ1v) is 8.35. The first-order valence-electron chi connectivity index (χ1n) is 8.35. The van der Waals surface area contributed by atoms with Crippen LogP contribution >= 0.6 is 0 Å². The molecule has 0 spiro atoms. The van der Waals surface area contributed by atoms with Gasteiger partial charge in [0.05, 0.1) is 0 Å². The van der Waals surface area contributed by atoms with Crippen LogP contribution < -0.4 is 10.6 Å². The summed E-state index contributed by atoms with van der Waals surface area (Å²) in [5.74, 6) is 0.614. The molecule has 2 atom stereocenters. The summed E-state index contributed by atoms with van der Waals surface area (Å²) in [5.41, 5.74) is 4.65. The molecule has 1 amide bonds. The van der Waals surface area contributed by atoms with Gasteiger partial charge >= 0.3 is 0 Å². The van der Waals surface area contributed by atoms with Crippen molar-refractivity contribution in [2.75, 3.05) is 11.9 Å². The van der Waals surface area contributed by atoms with Gasteiger partial charge in [0.15, 0.2) is 0 Å². The minimum atomic E-state index is 0.100. The molecular formula is C20H24N2O. The lowest BCUT2D eigenvalue weighted by atomic mass is 10.0. The smallest absolute Gasteiger partial charge is 0.228 e. The van der Waals surface area contributed by atoms with E-state index in [0.717, 1.165) is 30.8 Å². The van der Waals surface area contributed by atoms with Gasteiger partial charge in [0, 0.05) is 18.2 Å². The number of benzene rings is 2. The molecule has 1 saturated carbocycles. The van der Waals surface area contributed by atoms with E-state index in [9.17, 15) is 4.79 Å². The molecule has 3 heteroatoms. The average molecular weight is 308 g/mol. The van der Waals surface area contributed by atoms with Gasteiger partial charge in [0.2, 0.25) is 5.91 Å².